The fourth-order valence-corrected chi connectivity index (χ4v) is 0. The standard InChI is InChI=1S/Cu.Mn.2H2O4S/c;;2*1-5(2,3)4/h;;2*(H2,1,2,3,4). The molecule has 0 aromatic rings. The van der Waals surface area contributed by atoms with Gasteiger partial charge in [-0.2, -0.15) is 16.8 Å². The van der Waals surface area contributed by atoms with E-state index in [1.165, 1.54) is 0 Å². The van der Waals surface area contributed by atoms with Crippen LogP contribution in [0.15, 0.2) is 0 Å². The fraction of sp³-hybridized carbons (Fsp3) is 0. The Labute approximate surface area is 89.8 Å². The molecular weight excluding hydrogens is 311 g/mol. The van der Waals surface area contributed by atoms with Crippen LogP contribution in [0, 0.1) is 0 Å². The van der Waals surface area contributed by atoms with Crippen LogP contribution < -0.4 is 0 Å². The molecule has 0 aromatic heterocycles. The quantitative estimate of drug-likeness (QED) is 0.318. The van der Waals surface area contributed by atoms with Gasteiger partial charge in [-0.05, 0) is 0 Å². The van der Waals surface area contributed by atoms with Crippen molar-refractivity contribution >= 4 is 20.8 Å². The van der Waals surface area contributed by atoms with Crippen LogP contribution in [-0.2, 0) is 54.9 Å². The third-order valence-corrected chi connectivity index (χ3v) is 0. The van der Waals surface area contributed by atoms with E-state index in [0.29, 0.717) is 0 Å². The summed E-state index contributed by atoms with van der Waals surface area (Å²) in [5, 5.41) is 0. The summed E-state index contributed by atoms with van der Waals surface area (Å²) in [6.45, 7) is 0. The second-order valence-electron chi connectivity index (χ2n) is 0.896. The van der Waals surface area contributed by atoms with Crippen molar-refractivity contribution in [3.05, 3.63) is 0 Å². The zero-order valence-corrected chi connectivity index (χ0v) is 8.67. The second kappa shape index (κ2) is 8.38. The predicted molar refractivity (Wildman–Crippen MR) is 28.4 cm³/mol. The van der Waals surface area contributed by atoms with Gasteiger partial charge in [0.1, 0.15) is 0 Å². The third kappa shape index (κ3) is 1700. The summed E-state index contributed by atoms with van der Waals surface area (Å²) in [5.74, 6) is 0. The van der Waals surface area contributed by atoms with Gasteiger partial charge in [-0.25, -0.2) is 0 Å². The molecule has 0 saturated heterocycles. The van der Waals surface area contributed by atoms with Crippen LogP contribution in [0.2, 0.25) is 0 Å². The molecule has 0 aliphatic rings. The average Bonchev–Trinajstić information content (AvgIpc) is 1.12. The van der Waals surface area contributed by atoms with E-state index in [2.05, 4.69) is 0 Å². The molecule has 0 amide bonds. The molecule has 0 aliphatic carbocycles. The third-order valence-electron chi connectivity index (χ3n) is 0. The fourth-order valence-electron chi connectivity index (χ4n) is 0. The van der Waals surface area contributed by atoms with Crippen LogP contribution in [-0.4, -0.2) is 35.0 Å². The van der Waals surface area contributed by atoms with Crippen LogP contribution in [0.25, 0.3) is 0 Å². The Morgan fingerprint density at radius 2 is 0.667 bits per heavy atom. The van der Waals surface area contributed by atoms with E-state index in [1.807, 2.05) is 0 Å². The Bertz CT molecular complexity index is 213. The van der Waals surface area contributed by atoms with Gasteiger partial charge in [0.15, 0.2) is 0 Å². The van der Waals surface area contributed by atoms with Gasteiger partial charge >= 0.3 is 20.8 Å². The summed E-state index contributed by atoms with van der Waals surface area (Å²) in [6.07, 6.45) is 0. The SMILES string of the molecule is O=S(=O)(O)O.O=S(=O)(O)O.[Cu].[Mn]. The molecule has 0 heterocycles. The summed E-state index contributed by atoms with van der Waals surface area (Å²) in [5.41, 5.74) is 0. The molecule has 0 saturated carbocycles. The minimum absolute atomic E-state index is 0. The number of hydrogen-bond donors (Lipinski definition) is 4. The van der Waals surface area contributed by atoms with Crippen molar-refractivity contribution in [2.24, 2.45) is 0 Å². The van der Waals surface area contributed by atoms with Gasteiger partial charge in [0.25, 0.3) is 0 Å². The molecule has 0 aromatic carbocycles. The summed E-state index contributed by atoms with van der Waals surface area (Å²) in [7, 11) is -9.33. The van der Waals surface area contributed by atoms with E-state index in [-0.39, 0.29) is 34.1 Å². The first-order valence-corrected chi connectivity index (χ1v) is 4.19. The Kier molecular flexibility index (Phi) is 16.1. The summed E-state index contributed by atoms with van der Waals surface area (Å²) < 4.78 is 63.2. The molecule has 12 heteroatoms. The second-order valence-corrected chi connectivity index (χ2v) is 2.69. The Morgan fingerprint density at radius 1 is 0.667 bits per heavy atom. The monoisotopic (exact) mass is 314 g/mol. The molecular formula is H4CuMnO8S2. The molecule has 2 radical (unpaired) electrons. The summed E-state index contributed by atoms with van der Waals surface area (Å²) in [6, 6.07) is 0. The molecule has 8 nitrogen and oxygen atoms in total. The first-order valence-electron chi connectivity index (χ1n) is 1.40. The van der Waals surface area contributed by atoms with Gasteiger partial charge in [0.05, 0.1) is 0 Å². The molecule has 0 unspecified atom stereocenters. The van der Waals surface area contributed by atoms with Crippen LogP contribution in [0.1, 0.15) is 0 Å². The number of rotatable bonds is 0. The first-order chi connectivity index (χ1) is 4.00. The molecule has 0 aliphatic heterocycles. The minimum atomic E-state index is -4.67. The van der Waals surface area contributed by atoms with Crippen molar-refractivity contribution in [1.82, 2.24) is 0 Å². The van der Waals surface area contributed by atoms with Gasteiger partial charge in [-0.3, -0.25) is 18.2 Å². The Balaban J connectivity index is -0.0000000457. The smallest absolute Gasteiger partial charge is 0.264 e. The van der Waals surface area contributed by atoms with E-state index in [0.717, 1.165) is 0 Å². The summed E-state index contributed by atoms with van der Waals surface area (Å²) >= 11 is 0. The number of hydrogen-bond acceptors (Lipinski definition) is 4. The van der Waals surface area contributed by atoms with Gasteiger partial charge in [-0.1, -0.05) is 0 Å². The van der Waals surface area contributed by atoms with E-state index in [4.69, 9.17) is 35.0 Å². The molecule has 12 heavy (non-hydrogen) atoms. The summed E-state index contributed by atoms with van der Waals surface area (Å²) in [4.78, 5) is 0. The average molecular weight is 315 g/mol. The topological polar surface area (TPSA) is 149 Å². The van der Waals surface area contributed by atoms with Gasteiger partial charge < -0.3 is 0 Å². The molecule has 0 rings (SSSR count). The molecule has 0 spiro atoms. The molecule has 82 valence electrons. The molecule has 0 fully saturated rings. The van der Waals surface area contributed by atoms with E-state index < -0.39 is 20.8 Å². The minimum Gasteiger partial charge on any atom is -0.264 e. The van der Waals surface area contributed by atoms with Crippen molar-refractivity contribution in [2.75, 3.05) is 0 Å². The van der Waals surface area contributed by atoms with Crippen molar-refractivity contribution in [1.29, 1.82) is 0 Å². The Morgan fingerprint density at radius 3 is 0.667 bits per heavy atom. The van der Waals surface area contributed by atoms with E-state index in [1.54, 1.807) is 0 Å². The van der Waals surface area contributed by atoms with Crippen molar-refractivity contribution in [2.45, 2.75) is 0 Å². The maximum Gasteiger partial charge on any atom is 0.394 e. The maximum atomic E-state index is 8.74. The Hall–Kier alpha value is 0.779. The van der Waals surface area contributed by atoms with Crippen molar-refractivity contribution in [3.8, 4) is 0 Å². The normalized spacial score (nSPS) is 9.67. The van der Waals surface area contributed by atoms with Crippen LogP contribution in [0.3, 0.4) is 0 Å². The largest absolute Gasteiger partial charge is 0.394 e. The van der Waals surface area contributed by atoms with Crippen molar-refractivity contribution < 1.29 is 69.2 Å². The zero-order chi connectivity index (χ0) is 9.00. The van der Waals surface area contributed by atoms with Crippen LogP contribution in [0.4, 0.5) is 0 Å². The molecule has 4 N–H and O–H groups in total. The molecule has 0 bridgehead atoms. The van der Waals surface area contributed by atoms with E-state index in [9.17, 15) is 0 Å². The van der Waals surface area contributed by atoms with E-state index >= 15 is 0 Å². The van der Waals surface area contributed by atoms with Gasteiger partial charge in [0, 0.05) is 34.1 Å². The van der Waals surface area contributed by atoms with Gasteiger partial charge in [-0.15, -0.1) is 0 Å². The van der Waals surface area contributed by atoms with Crippen molar-refractivity contribution in [3.63, 3.8) is 0 Å². The van der Waals surface area contributed by atoms with Crippen LogP contribution in [0.5, 0.6) is 0 Å². The zero-order valence-electron chi connectivity index (χ0n) is 4.92. The maximum absolute atomic E-state index is 8.74. The molecule has 0 atom stereocenters. The van der Waals surface area contributed by atoms with Crippen LogP contribution >= 0.6 is 0 Å². The van der Waals surface area contributed by atoms with Gasteiger partial charge in [0.2, 0.25) is 0 Å². The predicted octanol–water partition coefficient (Wildman–Crippen LogP) is -1.31. The first kappa shape index (κ1) is 23.0.